The molecule has 12 heteroatoms. The highest BCUT2D eigenvalue weighted by Crippen LogP contribution is 2.27. The van der Waals surface area contributed by atoms with Crippen molar-refractivity contribution in [1.29, 1.82) is 0 Å². The number of hydrogen-bond acceptors (Lipinski definition) is 6. The average Bonchev–Trinajstić information content (AvgIpc) is 3.24. The van der Waals surface area contributed by atoms with E-state index in [-0.39, 0.29) is 22.9 Å². The summed E-state index contributed by atoms with van der Waals surface area (Å²) in [5.41, 5.74) is 1.30. The lowest BCUT2D eigenvalue weighted by Gasteiger charge is -2.25. The summed E-state index contributed by atoms with van der Waals surface area (Å²) in [4.78, 5) is 12.8. The van der Waals surface area contributed by atoms with Gasteiger partial charge in [-0.25, -0.2) is 8.42 Å². The monoisotopic (exact) mass is 494 g/mol. The minimum Gasteiger partial charge on any atom is -0.367 e. The smallest absolute Gasteiger partial charge is 0.367 e. The first-order valence-corrected chi connectivity index (χ1v) is 12.8. The van der Waals surface area contributed by atoms with Gasteiger partial charge in [-0.15, -0.1) is 11.3 Å². The fourth-order valence-electron chi connectivity index (χ4n) is 2.89. The maximum absolute atomic E-state index is 12.9. The van der Waals surface area contributed by atoms with Crippen LogP contribution >= 0.6 is 23.1 Å². The zero-order valence-electron chi connectivity index (χ0n) is 16.4. The summed E-state index contributed by atoms with van der Waals surface area (Å²) in [6.07, 6.45) is -4.37. The quantitative estimate of drug-likeness (QED) is 0.608. The van der Waals surface area contributed by atoms with Gasteiger partial charge >= 0.3 is 6.18 Å². The molecule has 1 aliphatic rings. The van der Waals surface area contributed by atoms with Crippen LogP contribution in [0.1, 0.15) is 20.8 Å². The Hall–Kier alpha value is -1.60. The van der Waals surface area contributed by atoms with Crippen molar-refractivity contribution >= 4 is 39.0 Å². The number of carbonyl (C=O) groups is 1. The van der Waals surface area contributed by atoms with E-state index in [2.05, 4.69) is 10.1 Å². The fraction of sp³-hybridized carbons (Fsp3) is 0.421. The van der Waals surface area contributed by atoms with Crippen LogP contribution in [-0.2, 0) is 27.9 Å². The zero-order valence-corrected chi connectivity index (χ0v) is 18.8. The second-order valence-electron chi connectivity index (χ2n) is 6.74. The molecule has 1 saturated heterocycles. The van der Waals surface area contributed by atoms with Crippen LogP contribution < -0.4 is 5.32 Å². The van der Waals surface area contributed by atoms with Gasteiger partial charge in [0.2, 0.25) is 10.0 Å². The molecule has 2 heterocycles. The van der Waals surface area contributed by atoms with E-state index in [4.69, 9.17) is 0 Å². The maximum Gasteiger partial charge on any atom is 0.411 e. The third kappa shape index (κ3) is 6.69. The average molecular weight is 495 g/mol. The molecule has 0 aliphatic carbocycles. The highest BCUT2D eigenvalue weighted by molar-refractivity contribution is 7.99. The Morgan fingerprint density at radius 3 is 2.39 bits per heavy atom. The van der Waals surface area contributed by atoms with Crippen LogP contribution in [0.5, 0.6) is 0 Å². The molecule has 0 atom stereocenters. The van der Waals surface area contributed by atoms with Gasteiger partial charge in [-0.2, -0.15) is 29.2 Å². The molecule has 0 radical (unpaired) electrons. The predicted molar refractivity (Wildman–Crippen MR) is 114 cm³/mol. The second kappa shape index (κ2) is 10.3. The van der Waals surface area contributed by atoms with Gasteiger partial charge < -0.3 is 10.1 Å². The standard InChI is InChI=1S/C19H21F3N2O4S3/c20-19(21,22)13-28-12-15-3-1-14(2-4-15)11-23-18(25)17-16(5-8-30-17)31(26,27)24-6-9-29-10-7-24/h1-5,8H,6-7,9-13H2,(H,23,25). The van der Waals surface area contributed by atoms with Crippen molar-refractivity contribution < 1.29 is 31.1 Å². The van der Waals surface area contributed by atoms with E-state index >= 15 is 0 Å². The summed E-state index contributed by atoms with van der Waals surface area (Å²) >= 11 is 2.76. The van der Waals surface area contributed by atoms with Crippen molar-refractivity contribution in [3.05, 3.63) is 51.7 Å². The largest absolute Gasteiger partial charge is 0.411 e. The lowest BCUT2D eigenvalue weighted by atomic mass is 10.1. The van der Waals surface area contributed by atoms with E-state index < -0.39 is 28.7 Å². The molecule has 6 nitrogen and oxygen atoms in total. The first-order chi connectivity index (χ1) is 14.7. The molecule has 1 fully saturated rings. The number of nitrogens with one attached hydrogen (secondary N) is 1. The van der Waals surface area contributed by atoms with Crippen LogP contribution in [0, 0.1) is 0 Å². The number of alkyl halides is 3. The Bertz CT molecular complexity index is 986. The molecular formula is C19H21F3N2O4S3. The highest BCUT2D eigenvalue weighted by atomic mass is 32.2. The summed E-state index contributed by atoms with van der Waals surface area (Å²) in [6.45, 7) is -0.489. The number of thioether (sulfide) groups is 1. The summed E-state index contributed by atoms with van der Waals surface area (Å²) in [6, 6.07) is 8.03. The number of nitrogens with zero attached hydrogens (tertiary/aromatic N) is 1. The molecule has 1 aliphatic heterocycles. The number of benzene rings is 1. The number of halogens is 3. The van der Waals surface area contributed by atoms with Gasteiger partial charge in [-0.3, -0.25) is 4.79 Å². The molecule has 0 bridgehead atoms. The van der Waals surface area contributed by atoms with Gasteiger partial charge in [-0.1, -0.05) is 24.3 Å². The number of thiophene rings is 1. The van der Waals surface area contributed by atoms with E-state index in [1.54, 1.807) is 41.4 Å². The first kappa shape index (κ1) is 24.1. The number of carbonyl (C=O) groups excluding carboxylic acids is 1. The molecule has 0 saturated carbocycles. The molecule has 1 amide bonds. The molecular weight excluding hydrogens is 473 g/mol. The molecule has 2 aromatic rings. The second-order valence-corrected chi connectivity index (χ2v) is 10.8. The molecule has 3 rings (SSSR count). The Labute approximate surface area is 186 Å². The first-order valence-electron chi connectivity index (χ1n) is 9.33. The Balaban J connectivity index is 1.57. The highest BCUT2D eigenvalue weighted by Gasteiger charge is 2.31. The van der Waals surface area contributed by atoms with Crippen LogP contribution in [0.25, 0.3) is 0 Å². The third-order valence-electron chi connectivity index (χ3n) is 4.43. The van der Waals surface area contributed by atoms with E-state index in [9.17, 15) is 26.4 Å². The number of amides is 1. The minimum absolute atomic E-state index is 0.0130. The number of rotatable bonds is 8. The Kier molecular flexibility index (Phi) is 8.03. The van der Waals surface area contributed by atoms with E-state index in [1.807, 2.05) is 0 Å². The van der Waals surface area contributed by atoms with Gasteiger partial charge in [0.15, 0.2) is 0 Å². The Morgan fingerprint density at radius 2 is 1.74 bits per heavy atom. The Morgan fingerprint density at radius 1 is 1.10 bits per heavy atom. The van der Waals surface area contributed by atoms with E-state index in [1.165, 1.54) is 10.4 Å². The molecule has 170 valence electrons. The van der Waals surface area contributed by atoms with E-state index in [0.29, 0.717) is 18.7 Å². The normalized spacial score (nSPS) is 15.7. The SMILES string of the molecule is O=C(NCc1ccc(COCC(F)(F)F)cc1)c1sccc1S(=O)(=O)N1CCSCC1. The lowest BCUT2D eigenvalue weighted by Crippen LogP contribution is -2.38. The molecule has 1 aromatic heterocycles. The van der Waals surface area contributed by atoms with Crippen molar-refractivity contribution in [2.24, 2.45) is 0 Å². The van der Waals surface area contributed by atoms with Gasteiger partial charge in [0.05, 0.1) is 6.61 Å². The van der Waals surface area contributed by atoms with Crippen molar-refractivity contribution in [2.75, 3.05) is 31.2 Å². The summed E-state index contributed by atoms with van der Waals surface area (Å²) < 4.78 is 68.2. The van der Waals surface area contributed by atoms with Crippen LogP contribution in [0.2, 0.25) is 0 Å². The van der Waals surface area contributed by atoms with E-state index in [0.717, 1.165) is 28.4 Å². The third-order valence-corrected chi connectivity index (χ3v) is 8.36. The fourth-order valence-corrected chi connectivity index (χ4v) is 6.79. The summed E-state index contributed by atoms with van der Waals surface area (Å²) in [5.74, 6) is 0.960. The van der Waals surface area contributed by atoms with Gasteiger partial charge in [-0.05, 0) is 22.6 Å². The van der Waals surface area contributed by atoms with Crippen molar-refractivity contribution in [3.63, 3.8) is 0 Å². The lowest BCUT2D eigenvalue weighted by molar-refractivity contribution is -0.176. The summed E-state index contributed by atoms with van der Waals surface area (Å²) in [7, 11) is -3.73. The zero-order chi connectivity index (χ0) is 22.5. The van der Waals surface area contributed by atoms with Crippen molar-refractivity contribution in [1.82, 2.24) is 9.62 Å². The van der Waals surface area contributed by atoms with Gasteiger partial charge in [0.1, 0.15) is 16.4 Å². The van der Waals surface area contributed by atoms with Crippen LogP contribution in [-0.4, -0.2) is 56.0 Å². The predicted octanol–water partition coefficient (Wildman–Crippen LogP) is 3.49. The minimum atomic E-state index is -4.37. The van der Waals surface area contributed by atoms with Crippen molar-refractivity contribution in [3.8, 4) is 0 Å². The summed E-state index contributed by atoms with van der Waals surface area (Å²) in [5, 5.41) is 4.28. The topological polar surface area (TPSA) is 75.7 Å². The van der Waals surface area contributed by atoms with Crippen LogP contribution in [0.4, 0.5) is 13.2 Å². The number of hydrogen-bond donors (Lipinski definition) is 1. The molecule has 0 spiro atoms. The molecule has 1 aromatic carbocycles. The van der Waals surface area contributed by atoms with Crippen LogP contribution in [0.3, 0.4) is 0 Å². The molecule has 1 N–H and O–H groups in total. The van der Waals surface area contributed by atoms with Crippen molar-refractivity contribution in [2.45, 2.75) is 24.2 Å². The van der Waals surface area contributed by atoms with Crippen LogP contribution in [0.15, 0.2) is 40.6 Å². The number of ether oxygens (including phenoxy) is 1. The van der Waals surface area contributed by atoms with Gasteiger partial charge in [0.25, 0.3) is 5.91 Å². The molecule has 31 heavy (non-hydrogen) atoms. The maximum atomic E-state index is 12.9. The van der Waals surface area contributed by atoms with Gasteiger partial charge in [0, 0.05) is 31.1 Å². The number of sulfonamides is 1. The molecule has 0 unspecified atom stereocenters.